The van der Waals surface area contributed by atoms with Crippen LogP contribution in [0.25, 0.3) is 10.9 Å². The van der Waals surface area contributed by atoms with Crippen molar-refractivity contribution in [1.29, 1.82) is 0 Å². The van der Waals surface area contributed by atoms with Crippen LogP contribution in [-0.4, -0.2) is 54.5 Å². The zero-order valence-corrected chi connectivity index (χ0v) is 18.5. The molecule has 0 aliphatic carbocycles. The first-order chi connectivity index (χ1) is 16.0. The number of nitrogens with zero attached hydrogens (tertiary/aromatic N) is 1. The average molecular weight is 450 g/mol. The van der Waals surface area contributed by atoms with Crippen molar-refractivity contribution in [3.05, 3.63) is 59.8 Å². The van der Waals surface area contributed by atoms with Crippen LogP contribution in [0.2, 0.25) is 0 Å². The number of benzene rings is 2. The van der Waals surface area contributed by atoms with E-state index in [2.05, 4.69) is 15.6 Å². The highest BCUT2D eigenvalue weighted by Gasteiger charge is 2.39. The number of amides is 4. The molecule has 9 nitrogen and oxygen atoms in total. The molecule has 0 bridgehead atoms. The van der Waals surface area contributed by atoms with Crippen LogP contribution < -0.4 is 20.1 Å². The first kappa shape index (κ1) is 22.2. The molecule has 33 heavy (non-hydrogen) atoms. The smallest absolute Gasteiger partial charge is 0.325 e. The maximum Gasteiger partial charge on any atom is 0.325 e. The number of hydrogen-bond acceptors (Lipinski definition) is 5. The fourth-order valence-electron chi connectivity index (χ4n) is 3.95. The van der Waals surface area contributed by atoms with Crippen LogP contribution in [-0.2, 0) is 22.6 Å². The van der Waals surface area contributed by atoms with Crippen molar-refractivity contribution < 1.29 is 23.9 Å². The molecule has 1 fully saturated rings. The number of aromatic amines is 1. The number of aromatic nitrogens is 1. The van der Waals surface area contributed by atoms with Crippen molar-refractivity contribution >= 4 is 28.7 Å². The normalized spacial score (nSPS) is 15.6. The van der Waals surface area contributed by atoms with Gasteiger partial charge in [-0.05, 0) is 36.2 Å². The fraction of sp³-hybridized carbons (Fsp3) is 0.292. The van der Waals surface area contributed by atoms with Gasteiger partial charge in [0.25, 0.3) is 5.91 Å². The van der Waals surface area contributed by atoms with E-state index in [4.69, 9.17) is 9.47 Å². The summed E-state index contributed by atoms with van der Waals surface area (Å²) in [5.41, 5.74) is 2.76. The number of rotatable bonds is 9. The Labute approximate surface area is 191 Å². The Bertz CT molecular complexity index is 1190. The monoisotopic (exact) mass is 450 g/mol. The number of ether oxygens (including phenoxy) is 2. The van der Waals surface area contributed by atoms with E-state index < -0.39 is 18.0 Å². The minimum atomic E-state index is -0.885. The molecule has 4 amide bonds. The summed E-state index contributed by atoms with van der Waals surface area (Å²) >= 11 is 0. The van der Waals surface area contributed by atoms with E-state index in [0.29, 0.717) is 24.3 Å². The molecule has 0 saturated carbocycles. The number of carbonyl (C=O) groups excluding carboxylic acids is 3. The number of imide groups is 1. The number of carbonyl (C=O) groups is 3. The van der Waals surface area contributed by atoms with Gasteiger partial charge in [-0.3, -0.25) is 14.5 Å². The van der Waals surface area contributed by atoms with Gasteiger partial charge < -0.3 is 25.1 Å². The van der Waals surface area contributed by atoms with Crippen LogP contribution >= 0.6 is 0 Å². The Hall–Kier alpha value is -4.01. The van der Waals surface area contributed by atoms with Crippen LogP contribution in [0.5, 0.6) is 11.5 Å². The zero-order valence-electron chi connectivity index (χ0n) is 18.5. The number of para-hydroxylation sites is 1. The number of H-pyrrole nitrogens is 1. The molecule has 1 aliphatic rings. The number of hydrogen-bond donors (Lipinski definition) is 3. The van der Waals surface area contributed by atoms with Crippen LogP contribution in [0.15, 0.2) is 48.7 Å². The van der Waals surface area contributed by atoms with Gasteiger partial charge in [0.2, 0.25) is 5.91 Å². The topological polar surface area (TPSA) is 113 Å². The lowest BCUT2D eigenvalue weighted by atomic mass is 10.1. The van der Waals surface area contributed by atoms with E-state index in [0.717, 1.165) is 27.1 Å². The average Bonchev–Trinajstić information content (AvgIpc) is 3.34. The Balaban J connectivity index is 1.31. The van der Waals surface area contributed by atoms with Crippen LogP contribution in [0.1, 0.15) is 17.5 Å². The second-order valence-electron chi connectivity index (χ2n) is 7.77. The maximum absolute atomic E-state index is 12.7. The summed E-state index contributed by atoms with van der Waals surface area (Å²) in [4.78, 5) is 41.8. The summed E-state index contributed by atoms with van der Waals surface area (Å²) in [7, 11) is 3.15. The van der Waals surface area contributed by atoms with E-state index in [9.17, 15) is 14.4 Å². The predicted octanol–water partition coefficient (Wildman–Crippen LogP) is 2.35. The molecule has 3 N–H and O–H groups in total. The highest BCUT2D eigenvalue weighted by atomic mass is 16.5. The van der Waals surface area contributed by atoms with E-state index >= 15 is 0 Å². The molecule has 3 aromatic rings. The van der Waals surface area contributed by atoms with Crippen molar-refractivity contribution in [3.8, 4) is 11.5 Å². The molecular weight excluding hydrogens is 424 g/mol. The SMILES string of the molecule is COc1ccc2[nH]cc(CCNC(=O)C[C@@H]3NC(=O)N(Cc4ccccc4OC)C3=O)c2c1. The Morgan fingerprint density at radius 2 is 1.91 bits per heavy atom. The van der Waals surface area contributed by atoms with Gasteiger partial charge in [-0.25, -0.2) is 4.79 Å². The second-order valence-corrected chi connectivity index (χ2v) is 7.77. The van der Waals surface area contributed by atoms with Crippen molar-refractivity contribution in [2.75, 3.05) is 20.8 Å². The minimum Gasteiger partial charge on any atom is -0.497 e. The predicted molar refractivity (Wildman–Crippen MR) is 122 cm³/mol. The van der Waals surface area contributed by atoms with Gasteiger partial charge in [0.05, 0.1) is 27.2 Å². The summed E-state index contributed by atoms with van der Waals surface area (Å²) in [6.45, 7) is 0.486. The maximum atomic E-state index is 12.7. The molecule has 1 aliphatic heterocycles. The number of fused-ring (bicyclic) bond motifs is 1. The summed E-state index contributed by atoms with van der Waals surface area (Å²) in [6.07, 6.45) is 2.41. The minimum absolute atomic E-state index is 0.0802. The highest BCUT2D eigenvalue weighted by Crippen LogP contribution is 2.24. The molecule has 172 valence electrons. The quantitative estimate of drug-likeness (QED) is 0.433. The number of urea groups is 1. The van der Waals surface area contributed by atoms with Gasteiger partial charge in [-0.1, -0.05) is 18.2 Å². The lowest BCUT2D eigenvalue weighted by Crippen LogP contribution is -2.37. The molecule has 4 rings (SSSR count). The van der Waals surface area contributed by atoms with Gasteiger partial charge in [-0.2, -0.15) is 0 Å². The van der Waals surface area contributed by atoms with Crippen LogP contribution in [0.3, 0.4) is 0 Å². The van der Waals surface area contributed by atoms with Gasteiger partial charge in [0, 0.05) is 29.2 Å². The number of methoxy groups -OCH3 is 2. The fourth-order valence-corrected chi connectivity index (χ4v) is 3.95. The van der Waals surface area contributed by atoms with Crippen LogP contribution in [0, 0.1) is 0 Å². The standard InChI is InChI=1S/C24H26N4O5/c1-32-17-7-8-19-18(11-17)15(13-26-19)9-10-25-22(29)12-20-23(30)28(24(31)27-20)14-16-5-3-4-6-21(16)33-2/h3-8,11,13,20,26H,9-10,12,14H2,1-2H3,(H,25,29)(H,27,31)/t20-/m0/s1. The summed E-state index contributed by atoms with van der Waals surface area (Å²) < 4.78 is 10.6. The third-order valence-electron chi connectivity index (χ3n) is 5.71. The molecule has 2 heterocycles. The van der Waals surface area contributed by atoms with Crippen molar-refractivity contribution in [3.63, 3.8) is 0 Å². The van der Waals surface area contributed by atoms with Crippen molar-refractivity contribution in [2.45, 2.75) is 25.4 Å². The Morgan fingerprint density at radius 1 is 1.09 bits per heavy atom. The third kappa shape index (κ3) is 4.77. The van der Waals surface area contributed by atoms with Gasteiger partial charge in [-0.15, -0.1) is 0 Å². The van der Waals surface area contributed by atoms with E-state index in [1.807, 2.05) is 36.5 Å². The Kier molecular flexibility index (Phi) is 6.48. The molecule has 1 saturated heterocycles. The van der Waals surface area contributed by atoms with Crippen molar-refractivity contribution in [1.82, 2.24) is 20.5 Å². The summed E-state index contributed by atoms with van der Waals surface area (Å²) in [5.74, 6) is 0.629. The molecule has 2 aromatic carbocycles. The number of nitrogens with one attached hydrogen (secondary N) is 3. The highest BCUT2D eigenvalue weighted by molar-refractivity contribution is 6.05. The molecule has 1 atom stereocenters. The zero-order chi connectivity index (χ0) is 23.4. The lowest BCUT2D eigenvalue weighted by Gasteiger charge is -2.15. The van der Waals surface area contributed by atoms with Gasteiger partial charge in [0.1, 0.15) is 17.5 Å². The molecular formula is C24H26N4O5. The first-order valence-corrected chi connectivity index (χ1v) is 10.6. The molecule has 0 spiro atoms. The summed E-state index contributed by atoms with van der Waals surface area (Å²) in [5, 5.41) is 6.47. The van der Waals surface area contributed by atoms with E-state index in [1.165, 1.54) is 7.11 Å². The summed E-state index contributed by atoms with van der Waals surface area (Å²) in [6, 6.07) is 11.6. The second kappa shape index (κ2) is 9.64. The molecule has 9 heteroatoms. The molecule has 0 unspecified atom stereocenters. The largest absolute Gasteiger partial charge is 0.497 e. The lowest BCUT2D eigenvalue weighted by molar-refractivity contribution is -0.131. The van der Waals surface area contributed by atoms with Crippen LogP contribution in [0.4, 0.5) is 4.79 Å². The molecule has 0 radical (unpaired) electrons. The molecule has 1 aromatic heterocycles. The third-order valence-corrected chi connectivity index (χ3v) is 5.71. The van der Waals surface area contributed by atoms with Crippen molar-refractivity contribution in [2.24, 2.45) is 0 Å². The van der Waals surface area contributed by atoms with E-state index in [-0.39, 0.29) is 18.9 Å². The first-order valence-electron chi connectivity index (χ1n) is 10.6. The van der Waals surface area contributed by atoms with E-state index in [1.54, 1.807) is 19.2 Å². The van der Waals surface area contributed by atoms with Gasteiger partial charge >= 0.3 is 6.03 Å². The Morgan fingerprint density at radius 3 is 2.70 bits per heavy atom. The van der Waals surface area contributed by atoms with Gasteiger partial charge in [0.15, 0.2) is 0 Å².